The summed E-state index contributed by atoms with van der Waals surface area (Å²) < 4.78 is 16.8. The molecule has 0 bridgehead atoms. The smallest absolute Gasteiger partial charge is 0.341 e. The average molecular weight is 402 g/mol. The van der Waals surface area contributed by atoms with E-state index in [0.717, 1.165) is 24.6 Å². The number of aromatic nitrogens is 1. The number of anilines is 1. The molecule has 1 aromatic carbocycles. The second-order valence-corrected chi connectivity index (χ2v) is 7.98. The van der Waals surface area contributed by atoms with E-state index in [1.165, 1.54) is 13.3 Å². The van der Waals surface area contributed by atoms with Gasteiger partial charge in [0.15, 0.2) is 0 Å². The van der Waals surface area contributed by atoms with Crippen molar-refractivity contribution in [3.8, 4) is 0 Å². The predicted octanol–water partition coefficient (Wildman–Crippen LogP) is 1.96. The molecular formula is C20H23FN4O4. The monoisotopic (exact) mass is 402 g/mol. The van der Waals surface area contributed by atoms with Crippen LogP contribution < -0.4 is 16.1 Å². The van der Waals surface area contributed by atoms with Crippen molar-refractivity contribution in [2.24, 2.45) is 16.3 Å². The normalized spacial score (nSPS) is 23.2. The number of benzene rings is 1. The molecule has 0 radical (unpaired) electrons. The first kappa shape index (κ1) is 19.4. The van der Waals surface area contributed by atoms with Gasteiger partial charge in [0, 0.05) is 36.1 Å². The fourth-order valence-corrected chi connectivity index (χ4v) is 3.95. The lowest BCUT2D eigenvalue weighted by molar-refractivity contribution is 0.0695. The van der Waals surface area contributed by atoms with Gasteiger partial charge in [-0.25, -0.2) is 9.18 Å². The van der Waals surface area contributed by atoms with Crippen LogP contribution in [0.4, 0.5) is 10.1 Å². The first-order chi connectivity index (χ1) is 13.8. The maximum Gasteiger partial charge on any atom is 0.341 e. The number of oxime groups is 1. The molecule has 154 valence electrons. The third-order valence-electron chi connectivity index (χ3n) is 5.84. The number of carbonyl (C=O) groups is 1. The number of nitrogens with zero attached hydrogens (tertiary/aromatic N) is 3. The molecular weight excluding hydrogens is 379 g/mol. The van der Waals surface area contributed by atoms with Crippen LogP contribution in [0.2, 0.25) is 0 Å². The fraction of sp³-hybridized carbons (Fsp3) is 0.450. The molecule has 0 spiro atoms. The first-order valence-corrected chi connectivity index (χ1v) is 9.46. The van der Waals surface area contributed by atoms with Crippen molar-refractivity contribution in [1.29, 1.82) is 0 Å². The predicted molar refractivity (Wildman–Crippen MR) is 107 cm³/mol. The number of hydrogen-bond donors (Lipinski definition) is 2. The zero-order valence-corrected chi connectivity index (χ0v) is 16.3. The molecule has 4 rings (SSSR count). The summed E-state index contributed by atoms with van der Waals surface area (Å²) in [5, 5.41) is 13.5. The molecule has 1 aromatic heterocycles. The minimum atomic E-state index is -1.31. The highest BCUT2D eigenvalue weighted by Gasteiger charge is 2.41. The summed E-state index contributed by atoms with van der Waals surface area (Å²) in [6.07, 6.45) is 3.16. The number of fused-ring (bicyclic) bond motifs is 1. The van der Waals surface area contributed by atoms with Gasteiger partial charge >= 0.3 is 5.97 Å². The van der Waals surface area contributed by atoms with E-state index < -0.39 is 22.6 Å². The Morgan fingerprint density at radius 1 is 1.45 bits per heavy atom. The van der Waals surface area contributed by atoms with Crippen molar-refractivity contribution in [3.05, 3.63) is 39.9 Å². The zero-order valence-electron chi connectivity index (χ0n) is 16.3. The summed E-state index contributed by atoms with van der Waals surface area (Å²) in [6.45, 7) is 3.08. The van der Waals surface area contributed by atoms with Gasteiger partial charge in [-0.15, -0.1) is 0 Å². The molecule has 2 heterocycles. The van der Waals surface area contributed by atoms with Crippen molar-refractivity contribution < 1.29 is 19.1 Å². The lowest BCUT2D eigenvalue weighted by Gasteiger charge is -2.24. The van der Waals surface area contributed by atoms with Crippen molar-refractivity contribution in [3.63, 3.8) is 0 Å². The van der Waals surface area contributed by atoms with Crippen LogP contribution in [-0.2, 0) is 4.84 Å². The first-order valence-electron chi connectivity index (χ1n) is 9.46. The quantitative estimate of drug-likeness (QED) is 0.740. The molecule has 29 heavy (non-hydrogen) atoms. The number of pyridine rings is 1. The Kier molecular flexibility index (Phi) is 4.57. The van der Waals surface area contributed by atoms with Crippen molar-refractivity contribution in [2.45, 2.75) is 25.8 Å². The largest absolute Gasteiger partial charge is 0.477 e. The number of rotatable bonds is 5. The number of halogens is 1. The van der Waals surface area contributed by atoms with Crippen LogP contribution in [0.15, 0.2) is 28.3 Å². The Balaban J connectivity index is 1.87. The zero-order chi connectivity index (χ0) is 20.9. The maximum absolute atomic E-state index is 15.1. The Morgan fingerprint density at radius 3 is 2.76 bits per heavy atom. The number of carboxylic acid groups (broad SMARTS) is 1. The standard InChI is InChI=1S/C20H23FN4O4/c1-20(9-22)10-24(8-17(20)23-29-2)16-6-15-12(5-14(16)21)18(26)13(19(27)28)7-25(15)11-3-4-11/h5-7,11H,3-4,8-10,22H2,1-2H3,(H,27,28). The number of aromatic carboxylic acids is 1. The molecule has 1 aliphatic carbocycles. The minimum Gasteiger partial charge on any atom is -0.477 e. The van der Waals surface area contributed by atoms with E-state index in [1.54, 1.807) is 10.6 Å². The summed E-state index contributed by atoms with van der Waals surface area (Å²) in [5.74, 6) is -1.90. The van der Waals surface area contributed by atoms with Gasteiger partial charge in [0.05, 0.1) is 23.5 Å². The summed E-state index contributed by atoms with van der Waals surface area (Å²) >= 11 is 0. The highest BCUT2D eigenvalue weighted by atomic mass is 19.1. The second kappa shape index (κ2) is 6.84. The van der Waals surface area contributed by atoms with Gasteiger partial charge in [-0.05, 0) is 25.0 Å². The van der Waals surface area contributed by atoms with E-state index in [2.05, 4.69) is 5.16 Å². The molecule has 2 aliphatic rings. The summed E-state index contributed by atoms with van der Waals surface area (Å²) in [5.41, 5.74) is 6.05. The van der Waals surface area contributed by atoms with Gasteiger partial charge in [-0.3, -0.25) is 4.79 Å². The van der Waals surface area contributed by atoms with E-state index in [9.17, 15) is 14.7 Å². The van der Waals surface area contributed by atoms with Crippen LogP contribution >= 0.6 is 0 Å². The molecule has 1 unspecified atom stereocenters. The van der Waals surface area contributed by atoms with E-state index in [4.69, 9.17) is 10.6 Å². The van der Waals surface area contributed by atoms with E-state index in [-0.39, 0.29) is 17.0 Å². The van der Waals surface area contributed by atoms with Gasteiger partial charge in [0.25, 0.3) is 0 Å². The van der Waals surface area contributed by atoms with Crippen LogP contribution in [0, 0.1) is 11.2 Å². The third kappa shape index (κ3) is 3.15. The average Bonchev–Trinajstić information content (AvgIpc) is 3.47. The Hall–Kier alpha value is -2.94. The number of nitrogens with two attached hydrogens (primary N) is 1. The summed E-state index contributed by atoms with van der Waals surface area (Å²) in [7, 11) is 1.46. The minimum absolute atomic E-state index is 0.0737. The van der Waals surface area contributed by atoms with Gasteiger partial charge in [0.1, 0.15) is 18.5 Å². The highest BCUT2D eigenvalue weighted by Crippen LogP contribution is 2.39. The van der Waals surface area contributed by atoms with E-state index >= 15 is 4.39 Å². The van der Waals surface area contributed by atoms with Crippen LogP contribution in [0.5, 0.6) is 0 Å². The molecule has 2 aromatic rings. The topological polar surface area (TPSA) is 110 Å². The van der Waals surface area contributed by atoms with Crippen molar-refractivity contribution in [2.75, 3.05) is 31.6 Å². The van der Waals surface area contributed by atoms with E-state index in [1.807, 2.05) is 11.8 Å². The third-order valence-corrected chi connectivity index (χ3v) is 5.84. The fourth-order valence-electron chi connectivity index (χ4n) is 3.95. The lowest BCUT2D eigenvalue weighted by atomic mass is 9.88. The van der Waals surface area contributed by atoms with Crippen molar-refractivity contribution >= 4 is 28.3 Å². The second-order valence-electron chi connectivity index (χ2n) is 7.98. The van der Waals surface area contributed by atoms with Gasteiger partial charge in [0.2, 0.25) is 5.43 Å². The summed E-state index contributed by atoms with van der Waals surface area (Å²) in [6, 6.07) is 2.89. The van der Waals surface area contributed by atoms with Gasteiger partial charge < -0.3 is 25.1 Å². The van der Waals surface area contributed by atoms with Crippen LogP contribution in [0.3, 0.4) is 0 Å². The number of carboxylic acids is 1. The van der Waals surface area contributed by atoms with Gasteiger partial charge in [-0.1, -0.05) is 12.1 Å². The molecule has 9 heteroatoms. The molecule has 1 atom stereocenters. The van der Waals surface area contributed by atoms with E-state index in [0.29, 0.717) is 30.8 Å². The van der Waals surface area contributed by atoms with Crippen LogP contribution in [0.1, 0.15) is 36.2 Å². The molecule has 0 amide bonds. The Bertz CT molecular complexity index is 1090. The Morgan fingerprint density at radius 2 is 2.17 bits per heavy atom. The highest BCUT2D eigenvalue weighted by molar-refractivity contribution is 5.98. The molecule has 3 N–H and O–H groups in total. The van der Waals surface area contributed by atoms with Crippen LogP contribution in [-0.4, -0.2) is 48.1 Å². The molecule has 1 aliphatic heterocycles. The van der Waals surface area contributed by atoms with Crippen LogP contribution in [0.25, 0.3) is 10.9 Å². The SMILES string of the molecule is CON=C1CN(c2cc3c(cc2F)c(=O)c(C(=O)O)cn3C2CC2)CC1(C)CN. The Labute approximate surface area is 166 Å². The molecule has 1 saturated heterocycles. The van der Waals surface area contributed by atoms with Gasteiger partial charge in [-0.2, -0.15) is 0 Å². The lowest BCUT2D eigenvalue weighted by Crippen LogP contribution is -2.35. The maximum atomic E-state index is 15.1. The number of hydrogen-bond acceptors (Lipinski definition) is 6. The molecule has 1 saturated carbocycles. The molecule has 8 nitrogen and oxygen atoms in total. The molecule has 2 fully saturated rings. The van der Waals surface area contributed by atoms with Crippen molar-refractivity contribution in [1.82, 2.24) is 4.57 Å². The summed E-state index contributed by atoms with van der Waals surface area (Å²) in [4.78, 5) is 30.8.